The Morgan fingerprint density at radius 2 is 2.11 bits per heavy atom. The molecule has 3 rings (SSSR count). The van der Waals surface area contributed by atoms with Gasteiger partial charge in [0.25, 0.3) is 0 Å². The number of benzene rings is 1. The Bertz CT molecular complexity index is 588. The molecule has 2 aromatic rings. The van der Waals surface area contributed by atoms with Crippen LogP contribution >= 0.6 is 0 Å². The molecule has 1 aliphatic rings. The summed E-state index contributed by atoms with van der Waals surface area (Å²) in [5.41, 5.74) is 4.79. The highest BCUT2D eigenvalue weighted by Gasteiger charge is 2.19. The van der Waals surface area contributed by atoms with Crippen LogP contribution in [0.15, 0.2) is 30.5 Å². The summed E-state index contributed by atoms with van der Waals surface area (Å²) >= 11 is 0. The molecule has 1 aromatic carbocycles. The quantitative estimate of drug-likeness (QED) is 0.905. The van der Waals surface area contributed by atoms with Gasteiger partial charge in [-0.15, -0.1) is 0 Å². The Labute approximate surface area is 114 Å². The van der Waals surface area contributed by atoms with Gasteiger partial charge in [0, 0.05) is 18.8 Å². The zero-order valence-corrected chi connectivity index (χ0v) is 11.5. The van der Waals surface area contributed by atoms with E-state index in [0.29, 0.717) is 5.95 Å². The molecule has 0 unspecified atom stereocenters. The van der Waals surface area contributed by atoms with Gasteiger partial charge in [0.2, 0.25) is 5.95 Å². The third kappa shape index (κ3) is 2.33. The van der Waals surface area contributed by atoms with Gasteiger partial charge in [-0.25, -0.2) is 9.97 Å². The van der Waals surface area contributed by atoms with E-state index in [1.807, 2.05) is 13.2 Å². The molecule has 1 saturated carbocycles. The lowest BCUT2D eigenvalue weighted by Gasteiger charge is -2.26. The first-order valence-electron chi connectivity index (χ1n) is 6.89. The molecule has 98 valence electrons. The molecule has 0 amide bonds. The van der Waals surface area contributed by atoms with Crippen LogP contribution in [0.5, 0.6) is 0 Å². The molecule has 1 N–H and O–H groups in total. The number of hydrogen-bond donors (Lipinski definition) is 1. The third-order valence-electron chi connectivity index (χ3n) is 3.93. The molecule has 3 nitrogen and oxygen atoms in total. The SMILES string of the molecule is CNc1ncc(C)c(-c2cccc(C3CCC3)c2)n1. The minimum atomic E-state index is 0.676. The minimum Gasteiger partial charge on any atom is -0.357 e. The lowest BCUT2D eigenvalue weighted by Crippen LogP contribution is -2.08. The van der Waals surface area contributed by atoms with E-state index in [0.717, 1.165) is 17.2 Å². The predicted molar refractivity (Wildman–Crippen MR) is 78.3 cm³/mol. The molecular formula is C16H19N3. The second-order valence-electron chi connectivity index (χ2n) is 5.23. The van der Waals surface area contributed by atoms with Crippen LogP contribution in [0.1, 0.15) is 36.3 Å². The molecule has 1 fully saturated rings. The molecule has 1 aliphatic carbocycles. The van der Waals surface area contributed by atoms with E-state index in [9.17, 15) is 0 Å². The molecule has 0 bridgehead atoms. The van der Waals surface area contributed by atoms with E-state index in [1.54, 1.807) is 0 Å². The van der Waals surface area contributed by atoms with Gasteiger partial charge in [-0.1, -0.05) is 24.6 Å². The molecule has 1 heterocycles. The van der Waals surface area contributed by atoms with Crippen LogP contribution in [0.3, 0.4) is 0 Å². The van der Waals surface area contributed by atoms with Crippen molar-refractivity contribution in [3.63, 3.8) is 0 Å². The molecule has 19 heavy (non-hydrogen) atoms. The maximum Gasteiger partial charge on any atom is 0.222 e. The van der Waals surface area contributed by atoms with E-state index >= 15 is 0 Å². The van der Waals surface area contributed by atoms with Gasteiger partial charge in [-0.05, 0) is 42.9 Å². The van der Waals surface area contributed by atoms with Gasteiger partial charge >= 0.3 is 0 Å². The Balaban J connectivity index is 2.01. The number of nitrogens with one attached hydrogen (secondary N) is 1. The lowest BCUT2D eigenvalue weighted by atomic mass is 9.79. The third-order valence-corrected chi connectivity index (χ3v) is 3.93. The summed E-state index contributed by atoms with van der Waals surface area (Å²) in [6.07, 6.45) is 5.90. The fraction of sp³-hybridized carbons (Fsp3) is 0.375. The summed E-state index contributed by atoms with van der Waals surface area (Å²) in [6.45, 7) is 2.06. The Morgan fingerprint density at radius 3 is 2.79 bits per heavy atom. The van der Waals surface area contributed by atoms with E-state index in [-0.39, 0.29) is 0 Å². The van der Waals surface area contributed by atoms with E-state index in [2.05, 4.69) is 46.5 Å². The van der Waals surface area contributed by atoms with Crippen LogP contribution in [-0.4, -0.2) is 17.0 Å². The average Bonchev–Trinajstić information content (AvgIpc) is 2.38. The highest BCUT2D eigenvalue weighted by Crippen LogP contribution is 2.37. The summed E-state index contributed by atoms with van der Waals surface area (Å²) in [5.74, 6) is 1.43. The topological polar surface area (TPSA) is 37.8 Å². The Morgan fingerprint density at radius 1 is 1.26 bits per heavy atom. The van der Waals surface area contributed by atoms with Crippen LogP contribution in [0.2, 0.25) is 0 Å². The summed E-state index contributed by atoms with van der Waals surface area (Å²) < 4.78 is 0. The number of hydrogen-bond acceptors (Lipinski definition) is 3. The monoisotopic (exact) mass is 253 g/mol. The number of aromatic nitrogens is 2. The van der Waals surface area contributed by atoms with Crippen molar-refractivity contribution in [1.82, 2.24) is 9.97 Å². The van der Waals surface area contributed by atoms with Crippen molar-refractivity contribution >= 4 is 5.95 Å². The fourth-order valence-corrected chi connectivity index (χ4v) is 2.54. The van der Waals surface area contributed by atoms with Crippen molar-refractivity contribution in [2.45, 2.75) is 32.1 Å². The van der Waals surface area contributed by atoms with Crippen molar-refractivity contribution in [2.24, 2.45) is 0 Å². The average molecular weight is 253 g/mol. The number of rotatable bonds is 3. The molecule has 1 aromatic heterocycles. The summed E-state index contributed by atoms with van der Waals surface area (Å²) in [4.78, 5) is 8.83. The van der Waals surface area contributed by atoms with Gasteiger partial charge in [0.1, 0.15) is 0 Å². The van der Waals surface area contributed by atoms with E-state index < -0.39 is 0 Å². The standard InChI is InChI=1S/C16H19N3/c1-11-10-18-16(17-2)19-15(11)14-8-4-7-13(9-14)12-5-3-6-12/h4,7-10,12H,3,5-6H2,1-2H3,(H,17,18,19). The van der Waals surface area contributed by atoms with Crippen molar-refractivity contribution in [1.29, 1.82) is 0 Å². The first kappa shape index (κ1) is 12.2. The number of nitrogens with zero attached hydrogens (tertiary/aromatic N) is 2. The first-order chi connectivity index (χ1) is 9.28. The smallest absolute Gasteiger partial charge is 0.222 e. The van der Waals surface area contributed by atoms with Crippen molar-refractivity contribution in [2.75, 3.05) is 12.4 Å². The Kier molecular flexibility index (Phi) is 3.20. The summed E-state index contributed by atoms with van der Waals surface area (Å²) in [6, 6.07) is 8.81. The molecule has 0 spiro atoms. The zero-order valence-electron chi connectivity index (χ0n) is 11.5. The van der Waals surface area contributed by atoms with Gasteiger partial charge in [0.15, 0.2) is 0 Å². The van der Waals surface area contributed by atoms with Crippen LogP contribution in [-0.2, 0) is 0 Å². The molecule has 0 aliphatic heterocycles. The normalized spacial score (nSPS) is 15.1. The fourth-order valence-electron chi connectivity index (χ4n) is 2.54. The highest BCUT2D eigenvalue weighted by atomic mass is 15.1. The maximum atomic E-state index is 4.58. The Hall–Kier alpha value is -1.90. The van der Waals surface area contributed by atoms with Crippen molar-refractivity contribution < 1.29 is 0 Å². The molecular weight excluding hydrogens is 234 g/mol. The van der Waals surface area contributed by atoms with Crippen molar-refractivity contribution in [3.8, 4) is 11.3 Å². The van der Waals surface area contributed by atoms with E-state index in [1.165, 1.54) is 30.4 Å². The van der Waals surface area contributed by atoms with Crippen LogP contribution in [0, 0.1) is 6.92 Å². The summed E-state index contributed by atoms with van der Waals surface area (Å²) in [5, 5.41) is 3.00. The second-order valence-corrected chi connectivity index (χ2v) is 5.23. The number of anilines is 1. The molecule has 0 radical (unpaired) electrons. The van der Waals surface area contributed by atoms with E-state index in [4.69, 9.17) is 0 Å². The van der Waals surface area contributed by atoms with Gasteiger partial charge in [-0.2, -0.15) is 0 Å². The lowest BCUT2D eigenvalue weighted by molar-refractivity contribution is 0.420. The van der Waals surface area contributed by atoms with Gasteiger partial charge in [0.05, 0.1) is 5.69 Å². The molecule has 3 heteroatoms. The first-order valence-corrected chi connectivity index (χ1v) is 6.89. The predicted octanol–water partition coefficient (Wildman–Crippen LogP) is 3.76. The molecule has 0 atom stereocenters. The highest BCUT2D eigenvalue weighted by molar-refractivity contribution is 5.64. The van der Waals surface area contributed by atoms with Crippen molar-refractivity contribution in [3.05, 3.63) is 41.6 Å². The minimum absolute atomic E-state index is 0.676. The van der Waals surface area contributed by atoms with Gasteiger partial charge in [-0.3, -0.25) is 0 Å². The van der Waals surface area contributed by atoms with Crippen LogP contribution in [0.25, 0.3) is 11.3 Å². The summed E-state index contributed by atoms with van der Waals surface area (Å²) in [7, 11) is 1.85. The maximum absolute atomic E-state index is 4.58. The molecule has 0 saturated heterocycles. The largest absolute Gasteiger partial charge is 0.357 e. The zero-order chi connectivity index (χ0) is 13.2. The van der Waals surface area contributed by atoms with Crippen LogP contribution in [0.4, 0.5) is 5.95 Å². The van der Waals surface area contributed by atoms with Gasteiger partial charge < -0.3 is 5.32 Å². The second kappa shape index (κ2) is 5.00. The van der Waals surface area contributed by atoms with Crippen LogP contribution < -0.4 is 5.32 Å². The number of aryl methyl sites for hydroxylation is 1.